The first kappa shape index (κ1) is 12.1. The molecule has 0 aromatic heterocycles. The number of aryl methyl sites for hydroxylation is 1. The highest BCUT2D eigenvalue weighted by Crippen LogP contribution is 2.21. The number of likely N-dealkylation sites (tertiary alicyclic amines) is 1. The summed E-state index contributed by atoms with van der Waals surface area (Å²) in [5.74, 6) is -0.102. The molecule has 1 saturated heterocycles. The molecule has 1 aromatic rings. The second kappa shape index (κ2) is 5.32. The highest BCUT2D eigenvalue weighted by Gasteiger charge is 2.31. The van der Waals surface area contributed by atoms with Crippen molar-refractivity contribution in [3.8, 4) is 0 Å². The van der Waals surface area contributed by atoms with Gasteiger partial charge in [-0.05, 0) is 31.9 Å². The Morgan fingerprint density at radius 2 is 2.12 bits per heavy atom. The number of methoxy groups -OCH3 is 1. The van der Waals surface area contributed by atoms with E-state index in [4.69, 9.17) is 4.74 Å². The number of hydrogen-bond donors (Lipinski definition) is 0. The van der Waals surface area contributed by atoms with Crippen LogP contribution in [0.5, 0.6) is 0 Å². The van der Waals surface area contributed by atoms with Crippen LogP contribution in [0.2, 0.25) is 0 Å². The van der Waals surface area contributed by atoms with Gasteiger partial charge in [-0.3, -0.25) is 9.69 Å². The van der Waals surface area contributed by atoms with Gasteiger partial charge in [-0.1, -0.05) is 29.8 Å². The van der Waals surface area contributed by atoms with Gasteiger partial charge in [0.15, 0.2) is 0 Å². The topological polar surface area (TPSA) is 29.5 Å². The summed E-state index contributed by atoms with van der Waals surface area (Å²) >= 11 is 0. The molecule has 0 saturated carbocycles. The van der Waals surface area contributed by atoms with Gasteiger partial charge in [-0.2, -0.15) is 0 Å². The Hall–Kier alpha value is -1.35. The summed E-state index contributed by atoms with van der Waals surface area (Å²) < 4.78 is 4.84. The van der Waals surface area contributed by atoms with Crippen LogP contribution in [0, 0.1) is 6.92 Å². The van der Waals surface area contributed by atoms with Crippen molar-refractivity contribution in [3.05, 3.63) is 35.4 Å². The lowest BCUT2D eigenvalue weighted by Gasteiger charge is -2.22. The number of benzene rings is 1. The van der Waals surface area contributed by atoms with Crippen LogP contribution in [0.1, 0.15) is 24.0 Å². The minimum atomic E-state index is -0.102. The number of rotatable bonds is 3. The summed E-state index contributed by atoms with van der Waals surface area (Å²) in [7, 11) is 1.46. The number of ether oxygens (including phenoxy) is 1. The molecule has 0 amide bonds. The zero-order chi connectivity index (χ0) is 12.3. The maximum Gasteiger partial charge on any atom is 0.323 e. The number of nitrogens with zero attached hydrogens (tertiary/aromatic N) is 1. The minimum Gasteiger partial charge on any atom is -0.468 e. The second-order valence-corrected chi connectivity index (χ2v) is 4.64. The molecule has 1 heterocycles. The van der Waals surface area contributed by atoms with E-state index in [1.54, 1.807) is 0 Å². The van der Waals surface area contributed by atoms with Gasteiger partial charge in [0.2, 0.25) is 0 Å². The molecule has 1 aliphatic heterocycles. The molecule has 0 aliphatic carbocycles. The van der Waals surface area contributed by atoms with E-state index in [1.807, 2.05) is 0 Å². The van der Waals surface area contributed by atoms with E-state index in [-0.39, 0.29) is 12.0 Å². The fourth-order valence-electron chi connectivity index (χ4n) is 2.35. The molecule has 1 aromatic carbocycles. The van der Waals surface area contributed by atoms with E-state index < -0.39 is 0 Å². The Morgan fingerprint density at radius 3 is 2.76 bits per heavy atom. The van der Waals surface area contributed by atoms with Crippen LogP contribution < -0.4 is 0 Å². The monoisotopic (exact) mass is 233 g/mol. The van der Waals surface area contributed by atoms with Gasteiger partial charge < -0.3 is 4.74 Å². The maximum atomic E-state index is 11.6. The number of carbonyl (C=O) groups is 1. The summed E-state index contributed by atoms with van der Waals surface area (Å²) in [5, 5.41) is 0. The largest absolute Gasteiger partial charge is 0.468 e. The lowest BCUT2D eigenvalue weighted by atomic mass is 10.1. The normalized spacial score (nSPS) is 20.5. The Kier molecular flexibility index (Phi) is 3.79. The molecule has 3 heteroatoms. The zero-order valence-corrected chi connectivity index (χ0v) is 10.5. The summed E-state index contributed by atoms with van der Waals surface area (Å²) in [5.41, 5.74) is 2.52. The van der Waals surface area contributed by atoms with Crippen LogP contribution in [0.15, 0.2) is 24.3 Å². The summed E-state index contributed by atoms with van der Waals surface area (Å²) in [6, 6.07) is 8.42. The minimum absolute atomic E-state index is 0.0543. The molecular weight excluding hydrogens is 214 g/mol. The average Bonchev–Trinajstić information content (AvgIpc) is 2.79. The number of hydrogen-bond acceptors (Lipinski definition) is 3. The highest BCUT2D eigenvalue weighted by atomic mass is 16.5. The van der Waals surface area contributed by atoms with Gasteiger partial charge in [-0.15, -0.1) is 0 Å². The van der Waals surface area contributed by atoms with Crippen molar-refractivity contribution in [1.82, 2.24) is 4.90 Å². The summed E-state index contributed by atoms with van der Waals surface area (Å²) in [4.78, 5) is 13.8. The van der Waals surface area contributed by atoms with E-state index in [0.717, 1.165) is 25.9 Å². The molecule has 0 bridgehead atoms. The average molecular weight is 233 g/mol. The van der Waals surface area contributed by atoms with Crippen LogP contribution in [-0.4, -0.2) is 30.6 Å². The van der Waals surface area contributed by atoms with Crippen LogP contribution in [0.4, 0.5) is 0 Å². The predicted molar refractivity (Wildman–Crippen MR) is 66.6 cm³/mol. The lowest BCUT2D eigenvalue weighted by Crippen LogP contribution is -2.36. The summed E-state index contributed by atoms with van der Waals surface area (Å²) in [6.07, 6.45) is 1.99. The van der Waals surface area contributed by atoms with Crippen molar-refractivity contribution >= 4 is 5.97 Å². The van der Waals surface area contributed by atoms with Crippen molar-refractivity contribution in [3.63, 3.8) is 0 Å². The Bertz CT molecular complexity index is 386. The molecular formula is C14H19NO2. The highest BCUT2D eigenvalue weighted by molar-refractivity contribution is 5.75. The third kappa shape index (κ3) is 2.86. The van der Waals surface area contributed by atoms with Crippen molar-refractivity contribution in [2.75, 3.05) is 13.7 Å². The molecule has 1 aliphatic rings. The van der Waals surface area contributed by atoms with Crippen molar-refractivity contribution in [2.24, 2.45) is 0 Å². The van der Waals surface area contributed by atoms with Gasteiger partial charge in [0.05, 0.1) is 7.11 Å². The fraction of sp³-hybridized carbons (Fsp3) is 0.500. The molecule has 0 radical (unpaired) electrons. The molecule has 1 fully saturated rings. The first-order valence-corrected chi connectivity index (χ1v) is 6.08. The van der Waals surface area contributed by atoms with E-state index in [0.29, 0.717) is 0 Å². The molecule has 92 valence electrons. The Morgan fingerprint density at radius 1 is 1.41 bits per heavy atom. The van der Waals surface area contributed by atoms with Gasteiger partial charge >= 0.3 is 5.97 Å². The van der Waals surface area contributed by atoms with E-state index in [2.05, 4.69) is 36.1 Å². The Labute approximate surface area is 102 Å². The molecule has 0 N–H and O–H groups in total. The fourth-order valence-corrected chi connectivity index (χ4v) is 2.35. The van der Waals surface area contributed by atoms with Crippen LogP contribution in [0.3, 0.4) is 0 Å². The smallest absolute Gasteiger partial charge is 0.323 e. The standard InChI is InChI=1S/C14H19NO2/c1-11-5-7-12(8-6-11)10-15-9-3-4-13(15)14(16)17-2/h5-8,13H,3-4,9-10H2,1-2H3. The maximum absolute atomic E-state index is 11.6. The molecule has 1 unspecified atom stereocenters. The molecule has 3 nitrogen and oxygen atoms in total. The van der Waals surface area contributed by atoms with E-state index in [1.165, 1.54) is 18.2 Å². The lowest BCUT2D eigenvalue weighted by molar-refractivity contribution is -0.146. The van der Waals surface area contributed by atoms with Crippen molar-refractivity contribution in [2.45, 2.75) is 32.4 Å². The van der Waals surface area contributed by atoms with Gasteiger partial charge in [0, 0.05) is 6.54 Å². The molecule has 1 atom stereocenters. The first-order valence-electron chi connectivity index (χ1n) is 6.08. The third-order valence-corrected chi connectivity index (χ3v) is 3.34. The quantitative estimate of drug-likeness (QED) is 0.749. The predicted octanol–water partition coefficient (Wildman–Crippen LogP) is 2.13. The number of esters is 1. The van der Waals surface area contributed by atoms with Crippen LogP contribution in [0.25, 0.3) is 0 Å². The third-order valence-electron chi connectivity index (χ3n) is 3.34. The van der Waals surface area contributed by atoms with Gasteiger partial charge in [0.1, 0.15) is 6.04 Å². The van der Waals surface area contributed by atoms with Crippen molar-refractivity contribution in [1.29, 1.82) is 0 Å². The molecule has 17 heavy (non-hydrogen) atoms. The molecule has 2 rings (SSSR count). The Balaban J connectivity index is 2.02. The van der Waals surface area contributed by atoms with Gasteiger partial charge in [-0.25, -0.2) is 0 Å². The van der Waals surface area contributed by atoms with Crippen LogP contribution in [-0.2, 0) is 16.1 Å². The molecule has 0 spiro atoms. The van der Waals surface area contributed by atoms with Crippen molar-refractivity contribution < 1.29 is 9.53 Å². The summed E-state index contributed by atoms with van der Waals surface area (Å²) in [6.45, 7) is 3.89. The second-order valence-electron chi connectivity index (χ2n) is 4.64. The van der Waals surface area contributed by atoms with Gasteiger partial charge in [0.25, 0.3) is 0 Å². The zero-order valence-electron chi connectivity index (χ0n) is 10.5. The van der Waals surface area contributed by atoms with Crippen LogP contribution >= 0.6 is 0 Å². The SMILES string of the molecule is COC(=O)C1CCCN1Cc1ccc(C)cc1. The number of carbonyl (C=O) groups excluding carboxylic acids is 1. The first-order chi connectivity index (χ1) is 8.20. The van der Waals surface area contributed by atoms with E-state index in [9.17, 15) is 4.79 Å². The van der Waals surface area contributed by atoms with E-state index >= 15 is 0 Å².